The summed E-state index contributed by atoms with van der Waals surface area (Å²) in [5, 5.41) is 0. The summed E-state index contributed by atoms with van der Waals surface area (Å²) in [6, 6.07) is 0. The molecule has 2 unspecified atom stereocenters. The van der Waals surface area contributed by atoms with E-state index < -0.39 is 26.5 Å². The quantitative estimate of drug-likeness (QED) is 0.0354. The van der Waals surface area contributed by atoms with Crippen molar-refractivity contribution in [1.82, 2.24) is 0 Å². The molecule has 0 saturated carbocycles. The fourth-order valence-electron chi connectivity index (χ4n) is 4.58. The van der Waals surface area contributed by atoms with Crippen molar-refractivity contribution in [2.45, 2.75) is 168 Å². The molecule has 0 amide bonds. The first-order valence-corrected chi connectivity index (χ1v) is 18.4. The summed E-state index contributed by atoms with van der Waals surface area (Å²) in [4.78, 5) is 34.1. The summed E-state index contributed by atoms with van der Waals surface area (Å²) < 4.78 is 31.7. The Labute approximate surface area is 257 Å². The first-order chi connectivity index (χ1) is 20.3. The second kappa shape index (κ2) is 29.8. The highest BCUT2D eigenvalue weighted by molar-refractivity contribution is 7.47. The number of phosphoric acid groups is 1. The number of unbranched alkanes of at least 4 members (excludes halogenated alkanes) is 18. The van der Waals surface area contributed by atoms with Crippen LogP contribution in [0.15, 0.2) is 12.2 Å². The zero-order valence-corrected chi connectivity index (χ0v) is 28.1. The van der Waals surface area contributed by atoms with Crippen molar-refractivity contribution in [3.05, 3.63) is 12.2 Å². The molecular weight excluding hydrogens is 555 g/mol. The lowest BCUT2D eigenvalue weighted by atomic mass is 10.0. The van der Waals surface area contributed by atoms with Crippen LogP contribution >= 0.6 is 7.82 Å². The number of carbonyl (C=O) groups excluding carboxylic acids is 2. The Morgan fingerprint density at radius 2 is 1.10 bits per heavy atom. The van der Waals surface area contributed by atoms with Gasteiger partial charge in [-0.25, -0.2) is 4.57 Å². The number of ether oxygens (including phenoxy) is 2. The van der Waals surface area contributed by atoms with E-state index in [0.29, 0.717) is 12.8 Å². The molecule has 0 aromatic rings. The van der Waals surface area contributed by atoms with Crippen LogP contribution in [0.5, 0.6) is 0 Å². The van der Waals surface area contributed by atoms with Gasteiger partial charge in [0, 0.05) is 20.0 Å². The second-order valence-electron chi connectivity index (χ2n) is 11.3. The average Bonchev–Trinajstić information content (AvgIpc) is 2.97. The first-order valence-electron chi connectivity index (χ1n) is 16.9. The molecule has 8 nitrogen and oxygen atoms in total. The third-order valence-corrected chi connectivity index (χ3v) is 8.20. The van der Waals surface area contributed by atoms with Gasteiger partial charge in [0.1, 0.15) is 6.61 Å². The van der Waals surface area contributed by atoms with Crippen LogP contribution in [0, 0.1) is 0 Å². The number of phosphoric ester groups is 1. The van der Waals surface area contributed by atoms with Gasteiger partial charge < -0.3 is 14.4 Å². The molecule has 0 heterocycles. The van der Waals surface area contributed by atoms with Crippen LogP contribution in [-0.2, 0) is 32.7 Å². The van der Waals surface area contributed by atoms with Crippen molar-refractivity contribution in [3.63, 3.8) is 0 Å². The monoisotopic (exact) mass is 618 g/mol. The number of carbonyl (C=O) groups is 2. The molecule has 0 spiro atoms. The highest BCUT2D eigenvalue weighted by atomic mass is 31.2. The Morgan fingerprint density at radius 3 is 1.62 bits per heavy atom. The minimum Gasteiger partial charge on any atom is -0.462 e. The summed E-state index contributed by atoms with van der Waals surface area (Å²) in [6.45, 7) is 3.81. The molecule has 248 valence electrons. The predicted molar refractivity (Wildman–Crippen MR) is 170 cm³/mol. The van der Waals surface area contributed by atoms with Crippen molar-refractivity contribution >= 4 is 19.8 Å². The van der Waals surface area contributed by atoms with Gasteiger partial charge in [-0.15, -0.1) is 0 Å². The average molecular weight is 619 g/mol. The molecule has 0 saturated heterocycles. The summed E-state index contributed by atoms with van der Waals surface area (Å²) >= 11 is 0. The maximum Gasteiger partial charge on any atom is 0.472 e. The topological polar surface area (TPSA) is 108 Å². The van der Waals surface area contributed by atoms with Crippen LogP contribution in [0.3, 0.4) is 0 Å². The third-order valence-electron chi connectivity index (χ3n) is 7.26. The SMILES string of the molecule is CCCC/C=C\CCCCCCCC(=O)OC(COC(=O)CCCCCCCCCCCCCC)COP(=O)(O)OC. The van der Waals surface area contributed by atoms with E-state index in [0.717, 1.165) is 64.9 Å². The van der Waals surface area contributed by atoms with E-state index in [9.17, 15) is 19.0 Å². The Hall–Kier alpha value is -1.21. The maximum absolute atomic E-state index is 12.4. The summed E-state index contributed by atoms with van der Waals surface area (Å²) in [6.07, 6.45) is 28.3. The van der Waals surface area contributed by atoms with E-state index in [2.05, 4.69) is 30.5 Å². The van der Waals surface area contributed by atoms with Gasteiger partial charge >= 0.3 is 19.8 Å². The fourth-order valence-corrected chi connectivity index (χ4v) is 5.04. The van der Waals surface area contributed by atoms with Crippen molar-refractivity contribution in [2.24, 2.45) is 0 Å². The van der Waals surface area contributed by atoms with Crippen molar-refractivity contribution in [3.8, 4) is 0 Å². The summed E-state index contributed by atoms with van der Waals surface area (Å²) in [7, 11) is -3.19. The fraction of sp³-hybridized carbons (Fsp3) is 0.879. The molecule has 9 heteroatoms. The lowest BCUT2D eigenvalue weighted by Gasteiger charge is -2.19. The predicted octanol–water partition coefficient (Wildman–Crippen LogP) is 9.77. The number of rotatable bonds is 31. The second-order valence-corrected chi connectivity index (χ2v) is 12.9. The molecule has 0 aliphatic heterocycles. The molecule has 0 aromatic carbocycles. The van der Waals surface area contributed by atoms with E-state index in [-0.39, 0.29) is 19.0 Å². The van der Waals surface area contributed by atoms with E-state index in [1.165, 1.54) is 70.6 Å². The highest BCUT2D eigenvalue weighted by Gasteiger charge is 2.24. The number of esters is 2. The lowest BCUT2D eigenvalue weighted by Crippen LogP contribution is -2.29. The van der Waals surface area contributed by atoms with Gasteiger partial charge in [-0.3, -0.25) is 18.6 Å². The zero-order valence-electron chi connectivity index (χ0n) is 27.2. The Balaban J connectivity index is 4.11. The van der Waals surface area contributed by atoms with Crippen LogP contribution in [0.25, 0.3) is 0 Å². The van der Waals surface area contributed by atoms with E-state index in [4.69, 9.17) is 14.0 Å². The zero-order chi connectivity index (χ0) is 31.2. The van der Waals surface area contributed by atoms with Crippen molar-refractivity contribution < 1.29 is 37.6 Å². The van der Waals surface area contributed by atoms with Gasteiger partial charge in [-0.2, -0.15) is 0 Å². The Bertz CT molecular complexity index is 712. The Kier molecular flexibility index (Phi) is 29.0. The van der Waals surface area contributed by atoms with Gasteiger partial charge in [0.25, 0.3) is 0 Å². The van der Waals surface area contributed by atoms with E-state index >= 15 is 0 Å². The van der Waals surface area contributed by atoms with Crippen LogP contribution in [0.1, 0.15) is 162 Å². The van der Waals surface area contributed by atoms with Crippen molar-refractivity contribution in [1.29, 1.82) is 0 Å². The standard InChI is InChI=1S/C33H63O8P/c1-4-6-8-10-12-14-16-18-19-21-23-25-27-32(34)39-29-31(30-40-42(36,37)38-3)41-33(35)28-26-24-22-20-17-15-13-11-9-7-5-2/h11,13,31H,4-10,12,14-30H2,1-3H3,(H,36,37)/b13-11-. The minimum atomic E-state index is -4.25. The molecule has 0 aromatic heterocycles. The molecular formula is C33H63O8P. The summed E-state index contributed by atoms with van der Waals surface area (Å²) in [5.41, 5.74) is 0. The third kappa shape index (κ3) is 28.9. The molecule has 0 aliphatic carbocycles. The molecule has 42 heavy (non-hydrogen) atoms. The van der Waals surface area contributed by atoms with Gasteiger partial charge in [-0.1, -0.05) is 129 Å². The first kappa shape index (κ1) is 40.8. The molecule has 2 atom stereocenters. The smallest absolute Gasteiger partial charge is 0.462 e. The van der Waals surface area contributed by atoms with Gasteiger partial charge in [0.2, 0.25) is 0 Å². The molecule has 1 N–H and O–H groups in total. The van der Waals surface area contributed by atoms with E-state index in [1.54, 1.807) is 0 Å². The van der Waals surface area contributed by atoms with Crippen LogP contribution in [-0.4, -0.2) is 43.3 Å². The molecule has 0 fully saturated rings. The number of allylic oxidation sites excluding steroid dienone is 2. The van der Waals surface area contributed by atoms with Crippen LogP contribution < -0.4 is 0 Å². The molecule has 0 rings (SSSR count). The van der Waals surface area contributed by atoms with E-state index in [1.807, 2.05) is 0 Å². The van der Waals surface area contributed by atoms with Gasteiger partial charge in [0.15, 0.2) is 6.10 Å². The molecule has 0 radical (unpaired) electrons. The minimum absolute atomic E-state index is 0.224. The summed E-state index contributed by atoms with van der Waals surface area (Å²) in [5.74, 6) is -0.813. The number of hydrogen-bond acceptors (Lipinski definition) is 7. The molecule has 0 bridgehead atoms. The Morgan fingerprint density at radius 1 is 0.643 bits per heavy atom. The highest BCUT2D eigenvalue weighted by Crippen LogP contribution is 2.42. The van der Waals surface area contributed by atoms with Gasteiger partial charge in [-0.05, 0) is 32.1 Å². The normalized spacial score (nSPS) is 13.7. The van der Waals surface area contributed by atoms with Gasteiger partial charge in [0.05, 0.1) is 6.61 Å². The maximum atomic E-state index is 12.4. The van der Waals surface area contributed by atoms with Crippen molar-refractivity contribution in [2.75, 3.05) is 20.3 Å². The largest absolute Gasteiger partial charge is 0.472 e. The van der Waals surface area contributed by atoms with Crippen LogP contribution in [0.4, 0.5) is 0 Å². The van der Waals surface area contributed by atoms with Crippen LogP contribution in [0.2, 0.25) is 0 Å². The molecule has 0 aliphatic rings. The number of hydrogen-bond donors (Lipinski definition) is 1. The lowest BCUT2D eigenvalue weighted by molar-refractivity contribution is -0.161.